The first-order chi connectivity index (χ1) is 14.7. The molecule has 0 radical (unpaired) electrons. The first-order valence-electron chi connectivity index (χ1n) is 12.7. The van der Waals surface area contributed by atoms with E-state index in [-0.39, 0.29) is 25.1 Å². The molecule has 2 aromatic carbocycles. The van der Waals surface area contributed by atoms with E-state index < -0.39 is 0 Å². The van der Waals surface area contributed by atoms with Crippen LogP contribution in [0, 0.1) is 12.7 Å². The average Bonchev–Trinajstić information content (AvgIpc) is 2.66. The molecule has 33 heavy (non-hydrogen) atoms. The Morgan fingerprint density at radius 1 is 0.515 bits per heavy atom. The predicted molar refractivity (Wildman–Crippen MR) is 149 cm³/mol. The highest BCUT2D eigenvalue weighted by Crippen LogP contribution is 2.33. The number of hydrogen-bond donors (Lipinski definition) is 0. The van der Waals surface area contributed by atoms with Crippen LogP contribution < -0.4 is 0 Å². The largest absolute Gasteiger partial charge is 0.206 e. The monoisotopic (exact) mass is 456 g/mol. The van der Waals surface area contributed by atoms with Crippen LogP contribution in [0.15, 0.2) is 24.3 Å². The van der Waals surface area contributed by atoms with Crippen LogP contribution in [0.25, 0.3) is 0 Å². The molecule has 0 nitrogen and oxygen atoms in total. The highest BCUT2D eigenvalue weighted by Gasteiger charge is 2.19. The van der Waals surface area contributed by atoms with Gasteiger partial charge in [-0.1, -0.05) is 115 Å². The molecule has 0 N–H and O–H groups in total. The van der Waals surface area contributed by atoms with E-state index >= 15 is 0 Å². The summed E-state index contributed by atoms with van der Waals surface area (Å²) in [5.74, 6) is 2.75. The van der Waals surface area contributed by atoms with E-state index in [2.05, 4.69) is 94.4 Å². The molecule has 188 valence electrons. The van der Waals surface area contributed by atoms with Gasteiger partial charge in [0.25, 0.3) is 0 Å². The third-order valence-corrected chi connectivity index (χ3v) is 6.37. The van der Waals surface area contributed by atoms with E-state index in [9.17, 15) is 4.39 Å². The van der Waals surface area contributed by atoms with Gasteiger partial charge in [0.05, 0.1) is 0 Å². The molecule has 0 saturated heterocycles. The Balaban J connectivity index is 0.000000602. The summed E-state index contributed by atoms with van der Waals surface area (Å²) in [6, 6.07) is 8.82. The van der Waals surface area contributed by atoms with Crippen molar-refractivity contribution in [3.8, 4) is 0 Å². The summed E-state index contributed by atoms with van der Waals surface area (Å²) < 4.78 is 14.4. The molecule has 0 amide bonds. The number of hydrogen-bond acceptors (Lipinski definition) is 0. The Kier molecular flexibility index (Phi) is 12.6. The highest BCUT2D eigenvalue weighted by molar-refractivity contribution is 5.43. The molecule has 0 spiro atoms. The van der Waals surface area contributed by atoms with Gasteiger partial charge >= 0.3 is 0 Å². The summed E-state index contributed by atoms with van der Waals surface area (Å²) >= 11 is 0. The zero-order valence-electron chi connectivity index (χ0n) is 23.2. The van der Waals surface area contributed by atoms with Crippen LogP contribution in [0.4, 0.5) is 4.39 Å². The molecule has 0 fully saturated rings. The fourth-order valence-electron chi connectivity index (χ4n) is 4.61. The lowest BCUT2D eigenvalue weighted by molar-refractivity contribution is 0.565. The lowest BCUT2D eigenvalue weighted by atomic mass is 9.84. The van der Waals surface area contributed by atoms with Gasteiger partial charge in [-0.25, -0.2) is 4.39 Å². The SMILES string of the molecule is C.CC(C)c1ccc(C(C)C)c(C(C)C)c1F.Cc1cc(C(C)C)cc(C(C)C)c1C(C)C. The molecule has 0 saturated carbocycles. The standard InChI is InChI=1S/C16H26.C15H23F.CH4/c1-10(2)14-8-13(7)16(12(5)6)15(9-14)11(3)4;1-9(2)12-7-8-13(10(3)4)15(16)14(12)11(5)6;/h8-12H,1-7H3;7-11H,1-6H3;1H4. The molecule has 0 aliphatic heterocycles. The topological polar surface area (TPSA) is 0 Å². The zero-order chi connectivity index (χ0) is 24.9. The van der Waals surface area contributed by atoms with E-state index in [1.165, 1.54) is 11.1 Å². The summed E-state index contributed by atoms with van der Waals surface area (Å²) in [4.78, 5) is 0. The third kappa shape index (κ3) is 7.97. The molecule has 0 aromatic heterocycles. The fraction of sp³-hybridized carbons (Fsp3) is 0.625. The second kappa shape index (κ2) is 13.3. The Labute approximate surface area is 206 Å². The van der Waals surface area contributed by atoms with Crippen LogP contribution >= 0.6 is 0 Å². The lowest BCUT2D eigenvalue weighted by Gasteiger charge is -2.21. The summed E-state index contributed by atoms with van der Waals surface area (Å²) in [5.41, 5.74) is 8.93. The summed E-state index contributed by atoms with van der Waals surface area (Å²) in [5, 5.41) is 0. The van der Waals surface area contributed by atoms with E-state index in [4.69, 9.17) is 0 Å². The Bertz CT molecular complexity index is 867. The van der Waals surface area contributed by atoms with Crippen molar-refractivity contribution in [2.24, 2.45) is 0 Å². The molecule has 2 aromatic rings. The Hall–Kier alpha value is -1.63. The Morgan fingerprint density at radius 2 is 0.939 bits per heavy atom. The van der Waals surface area contributed by atoms with E-state index in [1.807, 2.05) is 19.9 Å². The van der Waals surface area contributed by atoms with Gasteiger partial charge in [0.15, 0.2) is 0 Å². The second-order valence-electron chi connectivity index (χ2n) is 11.2. The molecule has 2 rings (SSSR count). The van der Waals surface area contributed by atoms with Crippen LogP contribution in [-0.4, -0.2) is 0 Å². The van der Waals surface area contributed by atoms with E-state index in [1.54, 1.807) is 11.1 Å². The Morgan fingerprint density at radius 3 is 1.30 bits per heavy atom. The number of halogens is 1. The smallest absolute Gasteiger partial charge is 0.130 e. The van der Waals surface area contributed by atoms with Crippen molar-refractivity contribution in [2.75, 3.05) is 0 Å². The van der Waals surface area contributed by atoms with Crippen molar-refractivity contribution in [1.82, 2.24) is 0 Å². The number of benzene rings is 2. The minimum Gasteiger partial charge on any atom is -0.206 e. The summed E-state index contributed by atoms with van der Waals surface area (Å²) in [7, 11) is 0. The van der Waals surface area contributed by atoms with Crippen molar-refractivity contribution in [1.29, 1.82) is 0 Å². The zero-order valence-corrected chi connectivity index (χ0v) is 23.2. The molecule has 0 atom stereocenters. The highest BCUT2D eigenvalue weighted by atomic mass is 19.1. The molecule has 0 aliphatic rings. The molecule has 0 aliphatic carbocycles. The fourth-order valence-corrected chi connectivity index (χ4v) is 4.61. The number of rotatable bonds is 6. The second-order valence-corrected chi connectivity index (χ2v) is 11.2. The normalized spacial score (nSPS) is 11.5. The average molecular weight is 457 g/mol. The van der Waals surface area contributed by atoms with Gasteiger partial charge in [0.1, 0.15) is 5.82 Å². The summed E-state index contributed by atoms with van der Waals surface area (Å²) in [6.07, 6.45) is 0. The maximum Gasteiger partial charge on any atom is 0.130 e. The van der Waals surface area contributed by atoms with Crippen molar-refractivity contribution in [2.45, 2.75) is 133 Å². The van der Waals surface area contributed by atoms with Crippen LogP contribution in [-0.2, 0) is 0 Å². The van der Waals surface area contributed by atoms with Crippen molar-refractivity contribution in [3.63, 3.8) is 0 Å². The molecular weight excluding hydrogens is 403 g/mol. The van der Waals surface area contributed by atoms with E-state index in [0.717, 1.165) is 16.7 Å². The van der Waals surface area contributed by atoms with Gasteiger partial charge in [-0.3, -0.25) is 0 Å². The summed E-state index contributed by atoms with van der Waals surface area (Å²) in [6.45, 7) is 28.4. The quantitative estimate of drug-likeness (QED) is 0.405. The van der Waals surface area contributed by atoms with Crippen LogP contribution in [0.2, 0.25) is 0 Å². The first kappa shape index (κ1) is 31.4. The van der Waals surface area contributed by atoms with Gasteiger partial charge < -0.3 is 0 Å². The molecule has 1 heteroatoms. The van der Waals surface area contributed by atoms with Crippen molar-refractivity contribution >= 4 is 0 Å². The molecular formula is C32H53F. The van der Waals surface area contributed by atoms with Crippen molar-refractivity contribution < 1.29 is 4.39 Å². The van der Waals surface area contributed by atoms with Crippen LogP contribution in [0.3, 0.4) is 0 Å². The first-order valence-corrected chi connectivity index (χ1v) is 12.7. The number of aryl methyl sites for hydroxylation is 1. The van der Waals surface area contributed by atoms with Gasteiger partial charge in [-0.15, -0.1) is 0 Å². The minimum absolute atomic E-state index is 0. The van der Waals surface area contributed by atoms with Gasteiger partial charge in [-0.2, -0.15) is 0 Å². The maximum atomic E-state index is 14.4. The van der Waals surface area contributed by atoms with Gasteiger partial charge in [-0.05, 0) is 81.4 Å². The maximum absolute atomic E-state index is 14.4. The van der Waals surface area contributed by atoms with Crippen LogP contribution in [0.1, 0.15) is 165 Å². The molecule has 0 bridgehead atoms. The van der Waals surface area contributed by atoms with E-state index in [0.29, 0.717) is 23.7 Å². The van der Waals surface area contributed by atoms with Crippen molar-refractivity contribution in [3.05, 3.63) is 69.0 Å². The lowest BCUT2D eigenvalue weighted by Crippen LogP contribution is -2.06. The van der Waals surface area contributed by atoms with Gasteiger partial charge in [0, 0.05) is 0 Å². The van der Waals surface area contributed by atoms with Crippen LogP contribution in [0.5, 0.6) is 0 Å². The molecule has 0 unspecified atom stereocenters. The predicted octanol–water partition coefficient (Wildman–Crippen LogP) is 11.2. The molecule has 0 heterocycles. The minimum atomic E-state index is 0. The third-order valence-electron chi connectivity index (χ3n) is 6.37. The van der Waals surface area contributed by atoms with Gasteiger partial charge in [0.2, 0.25) is 0 Å².